The smallest absolute Gasteiger partial charge is 0.496 e. The lowest BCUT2D eigenvalue weighted by atomic mass is 10.1. The predicted molar refractivity (Wildman–Crippen MR) is 468 cm³/mol. The van der Waals surface area contributed by atoms with Crippen LogP contribution in [0.25, 0.3) is 5.70 Å². The first kappa shape index (κ1) is 105. The normalized spacial score (nSPS) is 11.7. The molecule has 6 N–H and O–H groups in total. The molecule has 5 heterocycles. The fourth-order valence-corrected chi connectivity index (χ4v) is 12.1. The van der Waals surface area contributed by atoms with Gasteiger partial charge in [-0.05, 0) is 165 Å². The molecule has 7 aromatic carbocycles. The van der Waals surface area contributed by atoms with Crippen molar-refractivity contribution in [2.45, 2.75) is 86.5 Å². The van der Waals surface area contributed by atoms with Crippen LogP contribution in [0.1, 0.15) is 137 Å². The van der Waals surface area contributed by atoms with E-state index in [-0.39, 0.29) is 102 Å². The van der Waals surface area contributed by atoms with Gasteiger partial charge in [0, 0.05) is 97.6 Å². The molecule has 0 saturated heterocycles. The summed E-state index contributed by atoms with van der Waals surface area (Å²) in [6.07, 6.45) is -19.2. The van der Waals surface area contributed by atoms with Crippen molar-refractivity contribution in [3.63, 3.8) is 0 Å². The number of nitrogens with zero attached hydrogens (tertiary/aromatic N) is 5. The van der Waals surface area contributed by atoms with Gasteiger partial charge in [0.1, 0.15) is 96.9 Å². The number of rotatable bonds is 29. The number of ketones is 3. The Hall–Kier alpha value is -16.8. The number of methoxy groups -OCH3 is 4. The van der Waals surface area contributed by atoms with Crippen molar-refractivity contribution in [2.75, 3.05) is 49.6 Å². The van der Waals surface area contributed by atoms with E-state index in [9.17, 15) is 117 Å². The lowest BCUT2D eigenvalue weighted by Crippen LogP contribution is -2.19. The standard InChI is InChI=1S/C24H20ClF3N2O6.C24H20F4N2O5.C23H17F6N3O5.C22H14F7N3O3/c1-12-11-29-17(13(2)31)10-16(12)30-23(32)22-20(34-4)7-14(25)8-21(22)35-18-6-5-15(9-19(18)33-3)36-24(26,27)28;1-12-5-7-19(34-18-8-6-15(9-20(18)33-4)35-24(26,27)28)21(22(12)25)23(32)30-16-10-17(14(3)31)29-11-13(16)2;1-11-9-30-16(12(2)33)8-15(11)32-21(34)18-17(10-31-20(19(18)35-3)22(24,25)26)36-13-4-6-14(7-5-13)37-23(27,28)29;1-10(30)15-8-11(6-7-31-15)32-20(33)18-17(5-3-13(19(18)24)22(27,28)29)35-16-4-2-12(9-14(16)23)34-21(25)26/h5-11H,1-4H3,(H,29,30,32);5-11H,1-4H3,(H,29,30,32);4-10H,1-3H3,(H,30,32,34);2-9,21H,1,30H2,(H,31,32,33)/i;4D3;;. The van der Waals surface area contributed by atoms with Crippen molar-refractivity contribution in [2.24, 2.45) is 5.73 Å². The number of pyridine rings is 5. The highest BCUT2D eigenvalue weighted by Gasteiger charge is 2.42. The second kappa shape index (κ2) is 46.3. The number of hydrogen-bond donors (Lipinski definition) is 5. The number of hydrogen-bond acceptors (Lipinski definition) is 25. The number of aryl methyl sites for hydroxylation is 4. The molecule has 143 heavy (non-hydrogen) atoms. The molecule has 0 aliphatic heterocycles. The summed E-state index contributed by atoms with van der Waals surface area (Å²) in [4.78, 5) is 107. The van der Waals surface area contributed by atoms with Gasteiger partial charge in [0.25, 0.3) is 23.6 Å². The van der Waals surface area contributed by atoms with E-state index in [1.165, 1.54) is 127 Å². The third kappa shape index (κ3) is 30.1. The molecule has 29 nitrogen and oxygen atoms in total. The topological polar surface area (TPSA) is 369 Å². The number of carbonyl (C=O) groups is 7. The fourth-order valence-electron chi connectivity index (χ4n) is 11.9. The SMILES string of the molecule is C=C(N)c1cc(NC(=O)c2c(Oc3ccc(OC(F)F)cc3F)ccc(C(F)(F)F)c2F)ccn1.COc1c(C(F)(F)F)ncc(Oc2ccc(OC(F)(F)F)cc2)c1C(=O)Nc1cc(C(C)=O)ncc1C.COc1cc(OC(F)(F)F)ccc1Oc1cc(Cl)cc(OC)c1C(=O)Nc1cc(C(C)=O)ncc1C.[2H]C([2H])([2H])Oc1cc(OC(F)(F)F)ccc1Oc1ccc(C)c(F)c1C(=O)Nc1cc(C(C)=O)ncc1C. The Balaban J connectivity index is 0.000000217. The summed E-state index contributed by atoms with van der Waals surface area (Å²) in [5.74, 6) is -16.7. The van der Waals surface area contributed by atoms with Crippen LogP contribution < -0.4 is 83.8 Å². The van der Waals surface area contributed by atoms with Crippen LogP contribution in [-0.2, 0) is 12.4 Å². The zero-order valence-corrected chi connectivity index (χ0v) is 75.3. The molecule has 0 atom stereocenters. The molecule has 50 heteroatoms. The van der Waals surface area contributed by atoms with Crippen LogP contribution in [0.4, 0.5) is 111 Å². The molecule has 0 saturated carbocycles. The minimum atomic E-state index is -5.17. The quantitative estimate of drug-likeness (QED) is 0.0215. The highest BCUT2D eigenvalue weighted by molar-refractivity contribution is 6.31. The second-order valence-electron chi connectivity index (χ2n) is 28.8. The Morgan fingerprint density at radius 2 is 0.811 bits per heavy atom. The molecule has 0 aliphatic rings. The number of aromatic nitrogens is 5. The van der Waals surface area contributed by atoms with Gasteiger partial charge >= 0.3 is 38.1 Å². The Labute approximate surface area is 803 Å². The molecule has 12 rings (SSSR count). The molecular weight excluding hydrogens is 1980 g/mol. The van der Waals surface area contributed by atoms with Crippen molar-refractivity contribution >= 4 is 81.0 Å². The molecule has 0 bridgehead atoms. The number of nitrogens with one attached hydrogen (secondary N) is 4. The van der Waals surface area contributed by atoms with Crippen molar-refractivity contribution in [3.05, 3.63) is 284 Å². The monoisotopic (exact) mass is 2050 g/mol. The van der Waals surface area contributed by atoms with Crippen LogP contribution in [0.15, 0.2) is 183 Å². The average molecular weight is 2050 g/mol. The Kier molecular flexibility index (Phi) is 34.0. The average Bonchev–Trinajstić information content (AvgIpc) is 0.700. The Bertz CT molecular complexity index is 6950. The van der Waals surface area contributed by atoms with Gasteiger partial charge in [-0.15, -0.1) is 39.5 Å². The summed E-state index contributed by atoms with van der Waals surface area (Å²) in [5.41, 5.74) is 2.08. The van der Waals surface area contributed by atoms with E-state index >= 15 is 4.39 Å². The summed E-state index contributed by atoms with van der Waals surface area (Å²) in [7, 11) is 0.342. The molecule has 0 unspecified atom stereocenters. The molecule has 0 spiro atoms. The third-order valence-electron chi connectivity index (χ3n) is 18.5. The van der Waals surface area contributed by atoms with E-state index in [1.807, 2.05) is 0 Å². The second-order valence-corrected chi connectivity index (χ2v) is 29.3. The summed E-state index contributed by atoms with van der Waals surface area (Å²) in [5, 5.41) is 9.93. The summed E-state index contributed by atoms with van der Waals surface area (Å²) < 4.78 is 342. The maximum Gasteiger partial charge on any atom is 0.573 e. The molecule has 12 aromatic rings. The molecule has 754 valence electrons. The van der Waals surface area contributed by atoms with Crippen LogP contribution in [0.3, 0.4) is 0 Å². The zero-order chi connectivity index (χ0) is 108. The zero-order valence-electron chi connectivity index (χ0n) is 77.5. The first-order valence-corrected chi connectivity index (χ1v) is 40.0. The molecule has 4 amide bonds. The maximum absolute atomic E-state index is 15.2. The van der Waals surface area contributed by atoms with Crippen LogP contribution in [0.5, 0.6) is 92.0 Å². The number of amides is 4. The fraction of sp³-hybridized carbons (Fsp3) is 0.183. The van der Waals surface area contributed by atoms with Crippen LogP contribution in [0.2, 0.25) is 5.02 Å². The largest absolute Gasteiger partial charge is 0.573 e. The van der Waals surface area contributed by atoms with Gasteiger partial charge < -0.3 is 83.8 Å². The number of anilines is 4. The van der Waals surface area contributed by atoms with Gasteiger partial charge in [0.05, 0.1) is 55.6 Å². The van der Waals surface area contributed by atoms with Gasteiger partial charge in [-0.1, -0.05) is 24.2 Å². The van der Waals surface area contributed by atoms with Gasteiger partial charge in [0.15, 0.2) is 74.9 Å². The minimum Gasteiger partial charge on any atom is -0.496 e. The number of Topliss-reactive ketones (excluding diaryl/α,β-unsaturated/α-hetero) is 3. The van der Waals surface area contributed by atoms with E-state index in [1.54, 1.807) is 20.8 Å². The van der Waals surface area contributed by atoms with E-state index in [2.05, 4.69) is 71.7 Å². The van der Waals surface area contributed by atoms with Crippen molar-refractivity contribution < 1.29 is 182 Å². The van der Waals surface area contributed by atoms with Gasteiger partial charge in [-0.3, -0.25) is 53.5 Å². The van der Waals surface area contributed by atoms with Gasteiger partial charge in [-0.25, -0.2) is 18.2 Å². The molecule has 0 fully saturated rings. The number of halogens is 21. The van der Waals surface area contributed by atoms with Crippen LogP contribution >= 0.6 is 11.6 Å². The predicted octanol–water partition coefficient (Wildman–Crippen LogP) is 24.1. The van der Waals surface area contributed by atoms with Crippen molar-refractivity contribution in [1.29, 1.82) is 0 Å². The molecule has 5 aromatic heterocycles. The Morgan fingerprint density at radius 1 is 0.392 bits per heavy atom. The number of nitrogens with two attached hydrogens (primary N) is 1. The van der Waals surface area contributed by atoms with Crippen LogP contribution in [-0.4, -0.2) is 120 Å². The third-order valence-corrected chi connectivity index (χ3v) is 18.7. The molecule has 0 aliphatic carbocycles. The van der Waals surface area contributed by atoms with Crippen molar-refractivity contribution in [3.8, 4) is 92.0 Å². The summed E-state index contributed by atoms with van der Waals surface area (Å²) >= 11 is 6.17. The van der Waals surface area contributed by atoms with Crippen molar-refractivity contribution in [1.82, 2.24) is 24.9 Å². The number of benzene rings is 7. The lowest BCUT2D eigenvalue weighted by molar-refractivity contribution is -0.275. The first-order valence-electron chi connectivity index (χ1n) is 41.1. The Morgan fingerprint density at radius 3 is 1.27 bits per heavy atom. The number of carbonyl (C=O) groups excluding carboxylic acids is 7. The van der Waals surface area contributed by atoms with Crippen LogP contribution in [0, 0.1) is 45.1 Å². The van der Waals surface area contributed by atoms with Gasteiger partial charge in [-0.2, -0.15) is 35.1 Å². The summed E-state index contributed by atoms with van der Waals surface area (Å²) in [6.45, 7) is 10.3. The highest BCUT2D eigenvalue weighted by atomic mass is 35.5. The van der Waals surface area contributed by atoms with Gasteiger partial charge in [0.2, 0.25) is 0 Å². The van der Waals surface area contributed by atoms with E-state index in [0.29, 0.717) is 52.8 Å². The van der Waals surface area contributed by atoms with E-state index in [4.69, 9.17) is 59.3 Å². The number of ether oxygens (including phenoxy) is 12. The van der Waals surface area contributed by atoms with E-state index in [0.717, 1.165) is 67.8 Å². The first-order chi connectivity index (χ1) is 68.0. The molecular formula is C93H71ClF20N10O19. The minimum absolute atomic E-state index is 0.00351. The lowest BCUT2D eigenvalue weighted by Gasteiger charge is -2.18. The van der Waals surface area contributed by atoms with E-state index < -0.39 is 183 Å². The molecule has 0 radical (unpaired) electrons. The summed E-state index contributed by atoms with van der Waals surface area (Å²) in [6, 6.07) is 24.2. The maximum atomic E-state index is 15.2. The number of alkyl halides is 17. The highest BCUT2D eigenvalue weighted by Crippen LogP contribution is 2.47.